The second-order valence-corrected chi connectivity index (χ2v) is 15.7. The number of fused-ring (bicyclic) bond motifs is 2. The van der Waals surface area contributed by atoms with E-state index >= 15 is 0 Å². The Morgan fingerprint density at radius 2 is 1.75 bits per heavy atom. The number of carbonyl (C=O) groups is 1. The molecule has 278 valence electrons. The highest BCUT2D eigenvalue weighted by Crippen LogP contribution is 2.39. The van der Waals surface area contributed by atoms with Gasteiger partial charge in [-0.05, 0) is 80.0 Å². The second kappa shape index (κ2) is 14.8. The topological polar surface area (TPSA) is 114 Å². The van der Waals surface area contributed by atoms with E-state index in [4.69, 9.17) is 14.6 Å². The molecule has 1 unspecified atom stereocenters. The number of anilines is 2. The van der Waals surface area contributed by atoms with Crippen molar-refractivity contribution < 1.29 is 14.3 Å². The first kappa shape index (κ1) is 35.1. The van der Waals surface area contributed by atoms with Crippen molar-refractivity contribution in [2.45, 2.75) is 89.9 Å². The van der Waals surface area contributed by atoms with Gasteiger partial charge in [0.15, 0.2) is 5.65 Å². The van der Waals surface area contributed by atoms with Crippen molar-refractivity contribution in [1.29, 1.82) is 0 Å². The number of morpholine rings is 1. The van der Waals surface area contributed by atoms with Crippen LogP contribution in [-0.2, 0) is 16.7 Å². The van der Waals surface area contributed by atoms with Gasteiger partial charge in [-0.15, -0.1) is 10.2 Å². The lowest BCUT2D eigenvalue weighted by atomic mass is 9.85. The molecule has 5 aromatic rings. The molecule has 3 atom stereocenters. The lowest BCUT2D eigenvalue weighted by Crippen LogP contribution is -2.38. The van der Waals surface area contributed by atoms with Crippen molar-refractivity contribution in [2.75, 3.05) is 43.1 Å². The van der Waals surface area contributed by atoms with Crippen LogP contribution in [0.1, 0.15) is 94.3 Å². The van der Waals surface area contributed by atoms with Crippen molar-refractivity contribution in [3.63, 3.8) is 0 Å². The van der Waals surface area contributed by atoms with Gasteiger partial charge in [-0.25, -0.2) is 9.48 Å². The van der Waals surface area contributed by atoms with Crippen molar-refractivity contribution in [1.82, 2.24) is 34.6 Å². The Morgan fingerprint density at radius 3 is 2.57 bits per heavy atom. The highest BCUT2D eigenvalue weighted by Gasteiger charge is 2.31. The Hall–Kier alpha value is -4.94. The molecule has 2 aromatic carbocycles. The van der Waals surface area contributed by atoms with Gasteiger partial charge in [0.1, 0.15) is 17.7 Å². The van der Waals surface area contributed by atoms with Gasteiger partial charge < -0.3 is 19.7 Å². The van der Waals surface area contributed by atoms with Gasteiger partial charge in [-0.3, -0.25) is 14.6 Å². The molecule has 2 saturated heterocycles. The van der Waals surface area contributed by atoms with Gasteiger partial charge in [-0.2, -0.15) is 5.10 Å². The smallest absolute Gasteiger partial charge is 0.320 e. The quantitative estimate of drug-likeness (QED) is 0.173. The summed E-state index contributed by atoms with van der Waals surface area (Å²) >= 11 is 0. The van der Waals surface area contributed by atoms with Gasteiger partial charge >= 0.3 is 6.03 Å². The standard InChI is InChI=1S/C41H51N9O3/c1-28-10-7-8-19-48(28)40-45-44-37-18-15-31(27-49(37)40)53-35-17-16-34(32-13-5-6-14-33(32)35)42-39(51)43-38-25-36(41(2,3)4)46-50(38)30-12-9-11-29(24-30)26-47-20-22-52-23-21-47/h5-6,9,11-15,18,24-25,27-28,34-35H,7-8,10,16-17,19-23,26H2,1-4H3,(H2,42,43,51)/t28?,34-,35+/m0/s1. The summed E-state index contributed by atoms with van der Waals surface area (Å²) in [6.45, 7) is 13.8. The number of pyridine rings is 1. The predicted molar refractivity (Wildman–Crippen MR) is 206 cm³/mol. The third-order valence-electron chi connectivity index (χ3n) is 10.8. The van der Waals surface area contributed by atoms with Crippen LogP contribution in [0.2, 0.25) is 0 Å². The zero-order chi connectivity index (χ0) is 36.5. The third-order valence-corrected chi connectivity index (χ3v) is 10.8. The Kier molecular flexibility index (Phi) is 9.82. The number of aromatic nitrogens is 5. The van der Waals surface area contributed by atoms with E-state index in [0.717, 1.165) is 105 Å². The number of nitrogens with zero attached hydrogens (tertiary/aromatic N) is 7. The minimum absolute atomic E-state index is 0.154. The highest BCUT2D eigenvalue weighted by molar-refractivity contribution is 5.89. The van der Waals surface area contributed by atoms with Crippen LogP contribution in [0.15, 0.2) is 72.9 Å². The number of urea groups is 1. The molecule has 12 nitrogen and oxygen atoms in total. The Labute approximate surface area is 311 Å². The van der Waals surface area contributed by atoms with Gasteiger partial charge in [0.05, 0.1) is 36.8 Å². The van der Waals surface area contributed by atoms with E-state index in [-0.39, 0.29) is 23.6 Å². The molecule has 2 N–H and O–H groups in total. The molecule has 8 rings (SSSR count). The third kappa shape index (κ3) is 7.61. The molecule has 2 fully saturated rings. The van der Waals surface area contributed by atoms with Gasteiger partial charge in [0.2, 0.25) is 5.95 Å². The molecule has 53 heavy (non-hydrogen) atoms. The number of carbonyl (C=O) groups excluding carboxylic acids is 1. The number of hydrogen-bond acceptors (Lipinski definition) is 8. The van der Waals surface area contributed by atoms with Crippen LogP contribution in [0.25, 0.3) is 11.3 Å². The summed E-state index contributed by atoms with van der Waals surface area (Å²) in [6, 6.07) is 22.6. The maximum absolute atomic E-state index is 13.8. The lowest BCUT2D eigenvalue weighted by Gasteiger charge is -2.33. The Morgan fingerprint density at radius 1 is 0.925 bits per heavy atom. The number of nitrogens with one attached hydrogen (secondary N) is 2. The SMILES string of the molecule is CC1CCCCN1c1nnc2ccc(O[C@@H]3CC[C@H](NC(=O)Nc4cc(C(C)(C)C)nn4-c4cccc(CN5CCOCC5)c4)c4ccccc43)cn12. The molecular formula is C41H51N9O3. The molecule has 5 heterocycles. The molecule has 0 bridgehead atoms. The van der Waals surface area contributed by atoms with E-state index in [9.17, 15) is 4.79 Å². The molecule has 3 aliphatic rings. The summed E-state index contributed by atoms with van der Waals surface area (Å²) in [5, 5.41) is 20.4. The Bertz CT molecular complexity index is 2060. The Balaban J connectivity index is 0.986. The maximum Gasteiger partial charge on any atom is 0.320 e. The van der Waals surface area contributed by atoms with E-state index in [1.54, 1.807) is 0 Å². The molecule has 2 amide bonds. The predicted octanol–water partition coefficient (Wildman–Crippen LogP) is 7.20. The van der Waals surface area contributed by atoms with Crippen LogP contribution >= 0.6 is 0 Å². The lowest BCUT2D eigenvalue weighted by molar-refractivity contribution is 0.0342. The minimum Gasteiger partial charge on any atom is -0.484 e. The number of amides is 2. The molecule has 0 radical (unpaired) electrons. The van der Waals surface area contributed by atoms with Crippen LogP contribution in [-0.4, -0.2) is 74.2 Å². The van der Waals surface area contributed by atoms with Crippen LogP contribution < -0.4 is 20.3 Å². The van der Waals surface area contributed by atoms with E-state index in [2.05, 4.69) is 93.1 Å². The van der Waals surface area contributed by atoms with Gasteiger partial charge in [0, 0.05) is 43.7 Å². The average Bonchev–Trinajstić information content (AvgIpc) is 3.78. The summed E-state index contributed by atoms with van der Waals surface area (Å²) in [5.41, 5.74) is 5.75. The van der Waals surface area contributed by atoms with Gasteiger partial charge in [-0.1, -0.05) is 57.2 Å². The summed E-state index contributed by atoms with van der Waals surface area (Å²) in [7, 11) is 0. The molecule has 1 aliphatic carbocycles. The summed E-state index contributed by atoms with van der Waals surface area (Å²) in [5.74, 6) is 2.27. The molecule has 2 aliphatic heterocycles. The zero-order valence-corrected chi connectivity index (χ0v) is 31.3. The summed E-state index contributed by atoms with van der Waals surface area (Å²) < 4.78 is 16.1. The van der Waals surface area contributed by atoms with Crippen molar-refractivity contribution >= 4 is 23.4 Å². The number of benzene rings is 2. The van der Waals surface area contributed by atoms with E-state index in [1.807, 2.05) is 47.3 Å². The van der Waals surface area contributed by atoms with Crippen LogP contribution in [0, 0.1) is 0 Å². The average molecular weight is 718 g/mol. The monoisotopic (exact) mass is 717 g/mol. The van der Waals surface area contributed by atoms with E-state index in [0.29, 0.717) is 11.9 Å². The number of hydrogen-bond donors (Lipinski definition) is 2. The van der Waals surface area contributed by atoms with Crippen molar-refractivity contribution in [3.05, 3.63) is 95.3 Å². The minimum atomic E-state index is -0.271. The van der Waals surface area contributed by atoms with Crippen molar-refractivity contribution in [2.24, 2.45) is 0 Å². The van der Waals surface area contributed by atoms with Crippen LogP contribution in [0.5, 0.6) is 5.75 Å². The van der Waals surface area contributed by atoms with Gasteiger partial charge in [0.25, 0.3) is 0 Å². The van der Waals surface area contributed by atoms with Crippen molar-refractivity contribution in [3.8, 4) is 11.4 Å². The molecule has 3 aromatic heterocycles. The highest BCUT2D eigenvalue weighted by atomic mass is 16.5. The van der Waals surface area contributed by atoms with Crippen LogP contribution in [0.4, 0.5) is 16.6 Å². The van der Waals surface area contributed by atoms with Crippen LogP contribution in [0.3, 0.4) is 0 Å². The molecular weight excluding hydrogens is 667 g/mol. The largest absolute Gasteiger partial charge is 0.484 e. The molecule has 12 heteroatoms. The first-order valence-corrected chi connectivity index (χ1v) is 19.1. The normalized spacial score (nSPS) is 21.0. The second-order valence-electron chi connectivity index (χ2n) is 15.7. The fourth-order valence-electron chi connectivity index (χ4n) is 7.86. The zero-order valence-electron chi connectivity index (χ0n) is 31.3. The van der Waals surface area contributed by atoms with E-state index < -0.39 is 0 Å². The fraction of sp³-hybridized carbons (Fsp3) is 0.463. The first-order valence-electron chi connectivity index (χ1n) is 19.1. The maximum atomic E-state index is 13.8. The summed E-state index contributed by atoms with van der Waals surface area (Å²) in [4.78, 5) is 18.5. The molecule has 0 saturated carbocycles. The van der Waals surface area contributed by atoms with E-state index in [1.165, 1.54) is 12.0 Å². The number of rotatable bonds is 8. The molecule has 0 spiro atoms. The first-order chi connectivity index (χ1) is 25.7. The fourth-order valence-corrected chi connectivity index (χ4v) is 7.86. The number of piperidine rings is 1. The summed E-state index contributed by atoms with van der Waals surface area (Å²) in [6.07, 6.45) is 6.90. The number of ether oxygens (including phenoxy) is 2.